The maximum absolute atomic E-state index is 13.5. The number of hydrogen-bond donors (Lipinski definition) is 1. The van der Waals surface area contributed by atoms with Crippen molar-refractivity contribution in [2.45, 2.75) is 11.4 Å². The molecule has 0 aromatic heterocycles. The van der Waals surface area contributed by atoms with E-state index in [0.717, 1.165) is 9.87 Å². The van der Waals surface area contributed by atoms with Crippen molar-refractivity contribution < 1.29 is 27.4 Å². The molecule has 9 heteroatoms. The van der Waals surface area contributed by atoms with Crippen molar-refractivity contribution in [2.75, 3.05) is 32.2 Å². The summed E-state index contributed by atoms with van der Waals surface area (Å²) in [4.78, 5) is 12.7. The third kappa shape index (κ3) is 5.75. The van der Waals surface area contributed by atoms with Crippen molar-refractivity contribution in [1.82, 2.24) is 5.32 Å². The number of carbonyl (C=O) groups excluding carboxylic acids is 1. The van der Waals surface area contributed by atoms with Crippen LogP contribution >= 0.6 is 0 Å². The Kier molecular flexibility index (Phi) is 7.78. The van der Waals surface area contributed by atoms with Crippen LogP contribution in [0.5, 0.6) is 17.2 Å². The molecule has 0 aliphatic rings. The Morgan fingerprint density at radius 3 is 2.24 bits per heavy atom. The number of rotatable bonds is 10. The van der Waals surface area contributed by atoms with Gasteiger partial charge in [-0.15, -0.1) is 0 Å². The number of amides is 1. The van der Waals surface area contributed by atoms with Crippen LogP contribution in [0.4, 0.5) is 5.69 Å². The molecule has 0 saturated carbocycles. The predicted octanol–water partition coefficient (Wildman–Crippen LogP) is 3.22. The summed E-state index contributed by atoms with van der Waals surface area (Å²) >= 11 is 0. The topological polar surface area (TPSA) is 94.2 Å². The average Bonchev–Trinajstić information content (AvgIpc) is 2.86. The standard InChI is InChI=1S/C24H26N2O6S/c1-30-20-11-7-8-18(14-20)16-25-24(27)17-26(19-9-5-4-6-10-19)33(28,29)21-12-13-22(31-2)23(15-21)32-3/h4-15H,16-17H2,1-3H3,(H,25,27). The Morgan fingerprint density at radius 2 is 1.58 bits per heavy atom. The van der Waals surface area contributed by atoms with Crippen LogP contribution in [-0.4, -0.2) is 42.2 Å². The molecule has 33 heavy (non-hydrogen) atoms. The van der Waals surface area contributed by atoms with Gasteiger partial charge in [0.25, 0.3) is 10.0 Å². The summed E-state index contributed by atoms with van der Waals surface area (Å²) in [7, 11) is 0.374. The normalized spacial score (nSPS) is 10.9. The second kappa shape index (κ2) is 10.7. The van der Waals surface area contributed by atoms with Gasteiger partial charge < -0.3 is 19.5 Å². The number of nitrogens with zero attached hydrogens (tertiary/aromatic N) is 1. The highest BCUT2D eigenvalue weighted by Gasteiger charge is 2.28. The molecule has 1 N–H and O–H groups in total. The van der Waals surface area contributed by atoms with Crippen LogP contribution in [0, 0.1) is 0 Å². The number of hydrogen-bond acceptors (Lipinski definition) is 6. The molecule has 0 aliphatic heterocycles. The van der Waals surface area contributed by atoms with Crippen LogP contribution in [-0.2, 0) is 21.4 Å². The Balaban J connectivity index is 1.86. The van der Waals surface area contributed by atoms with E-state index in [9.17, 15) is 13.2 Å². The number of nitrogens with one attached hydrogen (secondary N) is 1. The fourth-order valence-electron chi connectivity index (χ4n) is 3.18. The van der Waals surface area contributed by atoms with Crippen LogP contribution in [0.3, 0.4) is 0 Å². The van der Waals surface area contributed by atoms with E-state index < -0.39 is 22.5 Å². The molecule has 3 aromatic rings. The highest BCUT2D eigenvalue weighted by atomic mass is 32.2. The Labute approximate surface area is 193 Å². The second-order valence-electron chi connectivity index (χ2n) is 6.99. The molecule has 0 radical (unpaired) electrons. The van der Waals surface area contributed by atoms with E-state index in [0.29, 0.717) is 17.2 Å². The first kappa shape index (κ1) is 23.9. The van der Waals surface area contributed by atoms with Crippen molar-refractivity contribution in [1.29, 1.82) is 0 Å². The van der Waals surface area contributed by atoms with Gasteiger partial charge in [0.1, 0.15) is 12.3 Å². The Morgan fingerprint density at radius 1 is 0.848 bits per heavy atom. The van der Waals surface area contributed by atoms with Crippen molar-refractivity contribution in [3.8, 4) is 17.2 Å². The van der Waals surface area contributed by atoms with E-state index >= 15 is 0 Å². The molecule has 0 unspecified atom stereocenters. The van der Waals surface area contributed by atoms with Gasteiger partial charge in [0.05, 0.1) is 31.9 Å². The third-order valence-electron chi connectivity index (χ3n) is 4.90. The van der Waals surface area contributed by atoms with E-state index in [4.69, 9.17) is 14.2 Å². The summed E-state index contributed by atoms with van der Waals surface area (Å²) in [5.74, 6) is 0.891. The maximum Gasteiger partial charge on any atom is 0.264 e. The maximum atomic E-state index is 13.5. The highest BCUT2D eigenvalue weighted by Crippen LogP contribution is 2.32. The smallest absolute Gasteiger partial charge is 0.264 e. The van der Waals surface area contributed by atoms with Crippen molar-refractivity contribution >= 4 is 21.6 Å². The molecule has 0 bridgehead atoms. The van der Waals surface area contributed by atoms with Crippen LogP contribution < -0.4 is 23.8 Å². The fourth-order valence-corrected chi connectivity index (χ4v) is 4.62. The zero-order chi connectivity index (χ0) is 23.8. The lowest BCUT2D eigenvalue weighted by Crippen LogP contribution is -2.40. The molecule has 3 aromatic carbocycles. The van der Waals surface area contributed by atoms with E-state index in [1.54, 1.807) is 49.6 Å². The number of carbonyl (C=O) groups is 1. The Bertz CT molecular complexity index is 1200. The second-order valence-corrected chi connectivity index (χ2v) is 8.85. The van der Waals surface area contributed by atoms with Gasteiger partial charge in [-0.25, -0.2) is 8.42 Å². The van der Waals surface area contributed by atoms with Crippen LogP contribution in [0.25, 0.3) is 0 Å². The zero-order valence-electron chi connectivity index (χ0n) is 18.6. The largest absolute Gasteiger partial charge is 0.497 e. The number of sulfonamides is 1. The number of benzene rings is 3. The lowest BCUT2D eigenvalue weighted by molar-refractivity contribution is -0.119. The fraction of sp³-hybridized carbons (Fsp3) is 0.208. The van der Waals surface area contributed by atoms with Crippen LogP contribution in [0.15, 0.2) is 77.7 Å². The van der Waals surface area contributed by atoms with E-state index in [1.165, 1.54) is 32.4 Å². The molecule has 0 heterocycles. The molecule has 0 saturated heterocycles. The van der Waals surface area contributed by atoms with Crippen molar-refractivity contribution in [2.24, 2.45) is 0 Å². The van der Waals surface area contributed by atoms with Gasteiger partial charge in [-0.2, -0.15) is 0 Å². The Hall–Kier alpha value is -3.72. The number of anilines is 1. The predicted molar refractivity (Wildman–Crippen MR) is 125 cm³/mol. The summed E-state index contributed by atoms with van der Waals surface area (Å²) in [6.45, 7) is -0.167. The lowest BCUT2D eigenvalue weighted by atomic mass is 10.2. The molecular weight excluding hydrogens is 444 g/mol. The first-order valence-corrected chi connectivity index (χ1v) is 11.5. The van der Waals surface area contributed by atoms with Gasteiger partial charge in [0.15, 0.2) is 11.5 Å². The number of methoxy groups -OCH3 is 3. The molecule has 0 fully saturated rings. The summed E-state index contributed by atoms with van der Waals surface area (Å²) in [5.41, 5.74) is 1.19. The quantitative estimate of drug-likeness (QED) is 0.489. The summed E-state index contributed by atoms with van der Waals surface area (Å²) in [6, 6.07) is 20.0. The molecular formula is C24H26N2O6S. The first-order chi connectivity index (χ1) is 15.9. The molecule has 0 spiro atoms. The summed E-state index contributed by atoms with van der Waals surface area (Å²) in [6.07, 6.45) is 0. The van der Waals surface area contributed by atoms with Gasteiger partial charge in [-0.3, -0.25) is 9.10 Å². The minimum atomic E-state index is -4.08. The van der Waals surface area contributed by atoms with Gasteiger partial charge in [0.2, 0.25) is 5.91 Å². The van der Waals surface area contributed by atoms with Gasteiger partial charge in [-0.05, 0) is 42.0 Å². The SMILES string of the molecule is COc1cccc(CNC(=O)CN(c2ccccc2)S(=O)(=O)c2ccc(OC)c(OC)c2)c1. The van der Waals surface area contributed by atoms with E-state index in [2.05, 4.69) is 5.32 Å². The average molecular weight is 471 g/mol. The molecule has 8 nitrogen and oxygen atoms in total. The molecule has 3 rings (SSSR count). The summed E-state index contributed by atoms with van der Waals surface area (Å²) in [5, 5.41) is 2.77. The number of para-hydroxylation sites is 1. The molecule has 0 atom stereocenters. The van der Waals surface area contributed by atoms with Gasteiger partial charge >= 0.3 is 0 Å². The lowest BCUT2D eigenvalue weighted by Gasteiger charge is -2.24. The van der Waals surface area contributed by atoms with Crippen LogP contribution in [0.1, 0.15) is 5.56 Å². The minimum Gasteiger partial charge on any atom is -0.497 e. The molecule has 174 valence electrons. The van der Waals surface area contributed by atoms with Crippen molar-refractivity contribution in [3.63, 3.8) is 0 Å². The highest BCUT2D eigenvalue weighted by molar-refractivity contribution is 7.92. The first-order valence-electron chi connectivity index (χ1n) is 10.1. The summed E-state index contributed by atoms with van der Waals surface area (Å²) < 4.78 is 43.8. The monoisotopic (exact) mass is 470 g/mol. The third-order valence-corrected chi connectivity index (χ3v) is 6.67. The van der Waals surface area contributed by atoms with Gasteiger partial charge in [0, 0.05) is 12.6 Å². The zero-order valence-corrected chi connectivity index (χ0v) is 19.5. The molecule has 0 aliphatic carbocycles. The van der Waals surface area contributed by atoms with Crippen molar-refractivity contribution in [3.05, 3.63) is 78.4 Å². The van der Waals surface area contributed by atoms with E-state index in [-0.39, 0.29) is 17.2 Å². The van der Waals surface area contributed by atoms with Gasteiger partial charge in [-0.1, -0.05) is 30.3 Å². The number of ether oxygens (including phenoxy) is 3. The molecule has 1 amide bonds. The van der Waals surface area contributed by atoms with E-state index in [1.807, 2.05) is 12.1 Å². The van der Waals surface area contributed by atoms with Crippen LogP contribution in [0.2, 0.25) is 0 Å². The minimum absolute atomic E-state index is 0.0235.